The largest absolute Gasteiger partial charge is 0.726 e. The Bertz CT molecular complexity index is 475. The van der Waals surface area contributed by atoms with Crippen LogP contribution in [-0.4, -0.2) is 24.1 Å². The predicted molar refractivity (Wildman–Crippen MR) is 87.5 cm³/mol. The van der Waals surface area contributed by atoms with Crippen molar-refractivity contribution in [1.29, 1.82) is 0 Å². The van der Waals surface area contributed by atoms with Crippen LogP contribution in [0.5, 0.6) is 0 Å². The molecule has 0 spiro atoms. The average molecular weight is 331 g/mol. The summed E-state index contributed by atoms with van der Waals surface area (Å²) in [6.07, 6.45) is 5.46. The summed E-state index contributed by atoms with van der Waals surface area (Å²) in [7, 11) is -4.92. The van der Waals surface area contributed by atoms with Gasteiger partial charge in [-0.25, -0.2) is 8.42 Å². The second kappa shape index (κ2) is 11.6. The Morgan fingerprint density at radius 1 is 1.14 bits per heavy atom. The van der Waals surface area contributed by atoms with E-state index in [1.807, 2.05) is 0 Å². The van der Waals surface area contributed by atoms with Crippen LogP contribution in [0.1, 0.15) is 63.5 Å². The minimum absolute atomic E-state index is 0.641. The Labute approximate surface area is 134 Å². The van der Waals surface area contributed by atoms with E-state index in [0.29, 0.717) is 5.92 Å². The third kappa shape index (κ3) is 14.0. The first-order valence-corrected chi connectivity index (χ1v) is 9.19. The van der Waals surface area contributed by atoms with Crippen LogP contribution in [0.2, 0.25) is 0 Å². The van der Waals surface area contributed by atoms with E-state index in [-0.39, 0.29) is 0 Å². The molecular formula is C16H29NO4S. The Morgan fingerprint density at radius 2 is 1.68 bits per heavy atom. The first-order valence-electron chi connectivity index (χ1n) is 7.82. The van der Waals surface area contributed by atoms with Crippen LogP contribution in [-0.2, 0) is 16.9 Å². The van der Waals surface area contributed by atoms with E-state index >= 15 is 0 Å². The highest BCUT2D eigenvalue weighted by molar-refractivity contribution is 7.79. The summed E-state index contributed by atoms with van der Waals surface area (Å²) in [6.45, 7) is 9.15. The fourth-order valence-electron chi connectivity index (χ4n) is 2.02. The molecule has 0 aliphatic rings. The second-order valence-electron chi connectivity index (χ2n) is 5.67. The topological polar surface area (TPSA) is 94.0 Å². The van der Waals surface area contributed by atoms with Crippen LogP contribution in [0.4, 0.5) is 0 Å². The van der Waals surface area contributed by atoms with Crippen molar-refractivity contribution in [1.82, 2.24) is 0 Å². The van der Waals surface area contributed by atoms with Gasteiger partial charge in [0.1, 0.15) is 6.54 Å². The van der Waals surface area contributed by atoms with E-state index < -0.39 is 10.4 Å². The lowest BCUT2D eigenvalue weighted by Gasteiger charge is -2.06. The second-order valence-corrected chi connectivity index (χ2v) is 6.52. The molecule has 3 N–H and O–H groups in total. The van der Waals surface area contributed by atoms with Gasteiger partial charge in [-0.2, -0.15) is 0 Å². The molecule has 0 aliphatic heterocycles. The van der Waals surface area contributed by atoms with E-state index in [9.17, 15) is 0 Å². The van der Waals surface area contributed by atoms with E-state index in [0.717, 1.165) is 6.54 Å². The molecule has 1 rings (SSSR count). The average Bonchev–Trinajstić information content (AvgIpc) is 2.41. The van der Waals surface area contributed by atoms with Crippen molar-refractivity contribution < 1.29 is 22.8 Å². The normalized spacial score (nSPS) is 11.2. The van der Waals surface area contributed by atoms with Crippen molar-refractivity contribution in [3.05, 3.63) is 35.4 Å². The fraction of sp³-hybridized carbons (Fsp3) is 0.625. The lowest BCUT2D eigenvalue weighted by molar-refractivity contribution is -0.671. The molecule has 0 amide bonds. The van der Waals surface area contributed by atoms with Gasteiger partial charge in [-0.3, -0.25) is 4.55 Å². The van der Waals surface area contributed by atoms with Gasteiger partial charge in [0.15, 0.2) is 0 Å². The molecule has 1 aromatic carbocycles. The number of hydrogen-bond acceptors (Lipinski definition) is 3. The molecule has 22 heavy (non-hydrogen) atoms. The minimum atomic E-state index is -4.92. The van der Waals surface area contributed by atoms with E-state index in [1.54, 1.807) is 0 Å². The fourth-order valence-corrected chi connectivity index (χ4v) is 2.02. The first-order chi connectivity index (χ1) is 10.2. The van der Waals surface area contributed by atoms with E-state index in [4.69, 9.17) is 17.5 Å². The van der Waals surface area contributed by atoms with Gasteiger partial charge in [0.2, 0.25) is 10.4 Å². The highest BCUT2D eigenvalue weighted by Gasteiger charge is 2.00. The SMILES string of the molecule is CCCCCC[NH2+]Cc1ccc(C(C)C)cc1.O=S(=O)([O-])O. The van der Waals surface area contributed by atoms with Crippen molar-refractivity contribution >= 4 is 10.4 Å². The molecule has 0 aliphatic carbocycles. The molecule has 0 heterocycles. The lowest BCUT2D eigenvalue weighted by atomic mass is 10.0. The molecule has 5 nitrogen and oxygen atoms in total. The molecule has 128 valence electrons. The summed E-state index contributed by atoms with van der Waals surface area (Å²) in [6, 6.07) is 9.09. The highest BCUT2D eigenvalue weighted by Crippen LogP contribution is 2.14. The molecule has 0 radical (unpaired) electrons. The zero-order valence-electron chi connectivity index (χ0n) is 13.8. The van der Waals surface area contributed by atoms with Crippen LogP contribution < -0.4 is 5.32 Å². The number of quaternary nitrogens is 1. The summed E-state index contributed by atoms with van der Waals surface area (Å²) in [5, 5.41) is 2.43. The quantitative estimate of drug-likeness (QED) is 0.434. The maximum atomic E-state index is 8.63. The third-order valence-corrected chi connectivity index (χ3v) is 3.29. The van der Waals surface area contributed by atoms with Crippen LogP contribution in [0.3, 0.4) is 0 Å². The van der Waals surface area contributed by atoms with Gasteiger partial charge in [-0.1, -0.05) is 57.9 Å². The van der Waals surface area contributed by atoms with Crippen molar-refractivity contribution in [2.24, 2.45) is 0 Å². The predicted octanol–water partition coefficient (Wildman–Crippen LogP) is 2.46. The molecule has 1 aromatic rings. The van der Waals surface area contributed by atoms with Crippen molar-refractivity contribution in [2.45, 2.75) is 58.9 Å². The number of hydrogen-bond donors (Lipinski definition) is 2. The number of unbranched alkanes of at least 4 members (excludes halogenated alkanes) is 3. The molecule has 0 fully saturated rings. The molecule has 6 heteroatoms. The minimum Gasteiger partial charge on any atom is -0.726 e. The molecule has 0 bridgehead atoms. The summed E-state index contributed by atoms with van der Waals surface area (Å²) in [5.41, 5.74) is 2.89. The van der Waals surface area contributed by atoms with Crippen LogP contribution >= 0.6 is 0 Å². The van der Waals surface area contributed by atoms with Crippen LogP contribution in [0.25, 0.3) is 0 Å². The summed E-state index contributed by atoms with van der Waals surface area (Å²) in [4.78, 5) is 0. The van der Waals surface area contributed by atoms with Crippen molar-refractivity contribution in [3.63, 3.8) is 0 Å². The van der Waals surface area contributed by atoms with E-state index in [1.165, 1.54) is 43.4 Å². The van der Waals surface area contributed by atoms with Crippen molar-refractivity contribution in [3.8, 4) is 0 Å². The lowest BCUT2D eigenvalue weighted by Crippen LogP contribution is -2.82. The zero-order valence-corrected chi connectivity index (χ0v) is 14.6. The van der Waals surface area contributed by atoms with Gasteiger partial charge in [0.25, 0.3) is 0 Å². The Kier molecular flexibility index (Phi) is 11.1. The highest BCUT2D eigenvalue weighted by atomic mass is 32.3. The van der Waals surface area contributed by atoms with Crippen LogP contribution in [0.15, 0.2) is 24.3 Å². The number of nitrogens with two attached hydrogens (primary N) is 1. The summed E-state index contributed by atoms with van der Waals surface area (Å²) in [5.74, 6) is 0.641. The van der Waals surface area contributed by atoms with E-state index in [2.05, 4.69) is 50.4 Å². The maximum Gasteiger partial charge on any atom is 0.215 e. The van der Waals surface area contributed by atoms with Gasteiger partial charge >= 0.3 is 0 Å². The molecular weight excluding hydrogens is 302 g/mol. The summed E-state index contributed by atoms with van der Waals surface area (Å²) < 4.78 is 32.8. The molecule has 0 aromatic heterocycles. The van der Waals surface area contributed by atoms with Crippen LogP contribution in [0, 0.1) is 0 Å². The monoisotopic (exact) mass is 331 g/mol. The van der Waals surface area contributed by atoms with Gasteiger partial charge in [-0.05, 0) is 24.3 Å². The van der Waals surface area contributed by atoms with Crippen molar-refractivity contribution in [2.75, 3.05) is 6.54 Å². The zero-order chi connectivity index (χ0) is 17.0. The Hall–Kier alpha value is -0.950. The maximum absolute atomic E-state index is 8.63. The first kappa shape index (κ1) is 21.0. The smallest absolute Gasteiger partial charge is 0.215 e. The van der Waals surface area contributed by atoms with Gasteiger partial charge in [0.05, 0.1) is 6.54 Å². The molecule has 0 atom stereocenters. The molecule has 0 saturated carbocycles. The standard InChI is InChI=1S/C16H27N.H2O4S/c1-4-5-6-7-12-17-13-15-8-10-16(11-9-15)14(2)3;1-5(2,3)4/h8-11,14,17H,4-7,12-13H2,1-3H3;(H2,1,2,3,4). The van der Waals surface area contributed by atoms with Gasteiger partial charge < -0.3 is 9.87 Å². The third-order valence-electron chi connectivity index (χ3n) is 3.29. The number of benzene rings is 1. The summed E-state index contributed by atoms with van der Waals surface area (Å²) >= 11 is 0. The van der Waals surface area contributed by atoms with Gasteiger partial charge in [0, 0.05) is 5.56 Å². The Balaban J connectivity index is 0.000000763. The number of rotatable bonds is 8. The Morgan fingerprint density at radius 3 is 2.14 bits per heavy atom. The molecule has 0 saturated heterocycles. The van der Waals surface area contributed by atoms with Gasteiger partial charge in [-0.15, -0.1) is 0 Å². The molecule has 0 unspecified atom stereocenters.